The topological polar surface area (TPSA) is 50.8 Å². The van der Waals surface area contributed by atoms with Crippen LogP contribution in [-0.2, 0) is 6.42 Å². The van der Waals surface area contributed by atoms with Gasteiger partial charge in [-0.2, -0.15) is 0 Å². The molecule has 3 rings (SSSR count). The Labute approximate surface area is 142 Å². The summed E-state index contributed by atoms with van der Waals surface area (Å²) in [5.41, 5.74) is 3.18. The summed E-state index contributed by atoms with van der Waals surface area (Å²) in [5.74, 6) is 1.08. The van der Waals surface area contributed by atoms with Crippen LogP contribution >= 0.6 is 0 Å². The highest BCUT2D eigenvalue weighted by atomic mass is 16.5. The molecule has 1 heterocycles. The second kappa shape index (κ2) is 7.25. The lowest BCUT2D eigenvalue weighted by molar-refractivity contribution is 0.0954. The molecule has 1 N–H and O–H groups in total. The number of nitrogens with one attached hydrogen (secondary N) is 1. The van der Waals surface area contributed by atoms with E-state index in [1.54, 1.807) is 32.4 Å². The van der Waals surface area contributed by atoms with Crippen LogP contribution in [0.15, 0.2) is 42.5 Å². The van der Waals surface area contributed by atoms with Crippen LogP contribution in [0.3, 0.4) is 0 Å². The van der Waals surface area contributed by atoms with Gasteiger partial charge in [0.2, 0.25) is 0 Å². The van der Waals surface area contributed by atoms with Crippen LogP contribution in [0.1, 0.15) is 15.9 Å². The van der Waals surface area contributed by atoms with Crippen LogP contribution in [0.4, 0.5) is 5.69 Å². The van der Waals surface area contributed by atoms with Crippen molar-refractivity contribution in [2.24, 2.45) is 0 Å². The molecule has 1 aliphatic rings. The predicted octanol–water partition coefficient (Wildman–Crippen LogP) is 2.50. The Hall–Kier alpha value is -2.69. The quantitative estimate of drug-likeness (QED) is 0.886. The number of amides is 1. The van der Waals surface area contributed by atoms with Crippen molar-refractivity contribution in [3.63, 3.8) is 0 Å². The molecule has 0 bridgehead atoms. The molecule has 0 unspecified atom stereocenters. The van der Waals surface area contributed by atoms with E-state index in [1.165, 1.54) is 11.3 Å². The third-order valence-corrected chi connectivity index (χ3v) is 4.26. The molecule has 0 spiro atoms. The molecule has 2 aromatic rings. The van der Waals surface area contributed by atoms with Gasteiger partial charge in [0.15, 0.2) is 0 Å². The number of benzene rings is 2. The summed E-state index contributed by atoms with van der Waals surface area (Å²) in [7, 11) is 3.14. The number of para-hydroxylation sites is 1. The zero-order chi connectivity index (χ0) is 16.9. The lowest BCUT2D eigenvalue weighted by Crippen LogP contribution is -2.34. The number of carbonyl (C=O) groups is 1. The molecule has 0 saturated heterocycles. The molecule has 24 heavy (non-hydrogen) atoms. The average Bonchev–Trinajstić information content (AvgIpc) is 3.04. The van der Waals surface area contributed by atoms with Gasteiger partial charge in [0, 0.05) is 37.0 Å². The lowest BCUT2D eigenvalue weighted by atomic mass is 10.2. The second-order valence-corrected chi connectivity index (χ2v) is 5.72. The highest BCUT2D eigenvalue weighted by molar-refractivity contribution is 5.95. The highest BCUT2D eigenvalue weighted by Gasteiger charge is 2.18. The summed E-state index contributed by atoms with van der Waals surface area (Å²) in [6, 6.07) is 13.6. The zero-order valence-electron chi connectivity index (χ0n) is 14.0. The molecule has 0 aromatic heterocycles. The predicted molar refractivity (Wildman–Crippen MR) is 94.2 cm³/mol. The fraction of sp³-hybridized carbons (Fsp3) is 0.316. The molecule has 5 heteroatoms. The number of nitrogens with zero attached hydrogens (tertiary/aromatic N) is 1. The SMILES string of the molecule is COc1cc(OC)cc(C(=O)NCCN2CCc3ccccc32)c1. The van der Waals surface area contributed by atoms with Crippen molar-refractivity contribution in [2.45, 2.75) is 6.42 Å². The summed E-state index contributed by atoms with van der Waals surface area (Å²) >= 11 is 0. The van der Waals surface area contributed by atoms with Crippen LogP contribution in [0.2, 0.25) is 0 Å². The molecule has 0 saturated carbocycles. The molecule has 2 aromatic carbocycles. The Kier molecular flexibility index (Phi) is 4.89. The maximum absolute atomic E-state index is 12.4. The Bertz CT molecular complexity index is 708. The molecule has 0 aliphatic carbocycles. The maximum Gasteiger partial charge on any atom is 0.251 e. The van der Waals surface area contributed by atoms with Crippen LogP contribution in [0, 0.1) is 0 Å². The number of rotatable bonds is 6. The van der Waals surface area contributed by atoms with Gasteiger partial charge in [-0.1, -0.05) is 18.2 Å². The van der Waals surface area contributed by atoms with Crippen molar-refractivity contribution in [2.75, 3.05) is 38.8 Å². The van der Waals surface area contributed by atoms with Gasteiger partial charge in [-0.05, 0) is 30.2 Å². The van der Waals surface area contributed by atoms with E-state index in [9.17, 15) is 4.79 Å². The molecule has 126 valence electrons. The van der Waals surface area contributed by atoms with Crippen molar-refractivity contribution >= 4 is 11.6 Å². The van der Waals surface area contributed by atoms with Crippen LogP contribution in [0.25, 0.3) is 0 Å². The molecular weight excluding hydrogens is 304 g/mol. The number of anilines is 1. The molecule has 1 aliphatic heterocycles. The Morgan fingerprint density at radius 1 is 1.12 bits per heavy atom. The molecule has 1 amide bonds. The number of hydrogen-bond donors (Lipinski definition) is 1. The van der Waals surface area contributed by atoms with Crippen molar-refractivity contribution in [3.8, 4) is 11.5 Å². The van der Waals surface area contributed by atoms with E-state index in [-0.39, 0.29) is 5.91 Å². The first-order valence-electron chi connectivity index (χ1n) is 8.05. The fourth-order valence-corrected chi connectivity index (χ4v) is 2.98. The van der Waals surface area contributed by atoms with Gasteiger partial charge in [-0.15, -0.1) is 0 Å². The van der Waals surface area contributed by atoms with E-state index >= 15 is 0 Å². The summed E-state index contributed by atoms with van der Waals surface area (Å²) in [5, 5.41) is 2.97. The minimum atomic E-state index is -0.125. The summed E-state index contributed by atoms with van der Waals surface area (Å²) < 4.78 is 10.4. The van der Waals surface area contributed by atoms with E-state index in [0.717, 1.165) is 19.5 Å². The Balaban J connectivity index is 1.59. The standard InChI is InChI=1S/C19H22N2O3/c1-23-16-11-15(12-17(13-16)24-2)19(22)20-8-10-21-9-7-14-5-3-4-6-18(14)21/h3-6,11-13H,7-10H2,1-2H3,(H,20,22). The zero-order valence-corrected chi connectivity index (χ0v) is 14.0. The first kappa shape index (κ1) is 16.2. The van der Waals surface area contributed by atoms with E-state index in [0.29, 0.717) is 23.6 Å². The number of carbonyl (C=O) groups excluding carboxylic acids is 1. The van der Waals surface area contributed by atoms with Crippen LogP contribution < -0.4 is 19.7 Å². The van der Waals surface area contributed by atoms with E-state index in [2.05, 4.69) is 34.5 Å². The van der Waals surface area contributed by atoms with Gasteiger partial charge in [0.05, 0.1) is 14.2 Å². The average molecular weight is 326 g/mol. The van der Waals surface area contributed by atoms with Gasteiger partial charge >= 0.3 is 0 Å². The summed E-state index contributed by atoms with van der Waals surface area (Å²) in [4.78, 5) is 14.7. The molecule has 5 nitrogen and oxygen atoms in total. The third-order valence-electron chi connectivity index (χ3n) is 4.26. The maximum atomic E-state index is 12.4. The number of ether oxygens (including phenoxy) is 2. The lowest BCUT2D eigenvalue weighted by Gasteiger charge is -2.19. The van der Waals surface area contributed by atoms with Gasteiger partial charge in [0.25, 0.3) is 5.91 Å². The number of methoxy groups -OCH3 is 2. The second-order valence-electron chi connectivity index (χ2n) is 5.72. The minimum Gasteiger partial charge on any atom is -0.497 e. The Morgan fingerprint density at radius 2 is 1.83 bits per heavy atom. The Morgan fingerprint density at radius 3 is 2.54 bits per heavy atom. The highest BCUT2D eigenvalue weighted by Crippen LogP contribution is 2.26. The smallest absolute Gasteiger partial charge is 0.251 e. The fourth-order valence-electron chi connectivity index (χ4n) is 2.98. The number of fused-ring (bicyclic) bond motifs is 1. The van der Waals surface area contributed by atoms with E-state index < -0.39 is 0 Å². The minimum absolute atomic E-state index is 0.125. The van der Waals surface area contributed by atoms with Crippen LogP contribution in [0.5, 0.6) is 11.5 Å². The molecule has 0 atom stereocenters. The van der Waals surface area contributed by atoms with Crippen molar-refractivity contribution in [1.82, 2.24) is 5.32 Å². The van der Waals surface area contributed by atoms with Gasteiger partial charge in [-0.25, -0.2) is 0 Å². The molecular formula is C19H22N2O3. The molecule has 0 fully saturated rings. The normalized spacial score (nSPS) is 12.7. The summed E-state index contributed by atoms with van der Waals surface area (Å²) in [6.07, 6.45) is 1.07. The van der Waals surface area contributed by atoms with Crippen molar-refractivity contribution in [3.05, 3.63) is 53.6 Å². The van der Waals surface area contributed by atoms with E-state index in [1.807, 2.05) is 0 Å². The van der Waals surface area contributed by atoms with Crippen molar-refractivity contribution in [1.29, 1.82) is 0 Å². The van der Waals surface area contributed by atoms with Gasteiger partial charge in [0.1, 0.15) is 11.5 Å². The largest absolute Gasteiger partial charge is 0.497 e. The van der Waals surface area contributed by atoms with E-state index in [4.69, 9.17) is 9.47 Å². The van der Waals surface area contributed by atoms with Crippen LogP contribution in [-0.4, -0.2) is 39.8 Å². The first-order valence-corrected chi connectivity index (χ1v) is 8.05. The third kappa shape index (κ3) is 3.45. The monoisotopic (exact) mass is 326 g/mol. The summed E-state index contributed by atoms with van der Waals surface area (Å²) in [6.45, 7) is 2.39. The van der Waals surface area contributed by atoms with Gasteiger partial charge < -0.3 is 19.7 Å². The number of hydrogen-bond acceptors (Lipinski definition) is 4. The van der Waals surface area contributed by atoms with Gasteiger partial charge in [-0.3, -0.25) is 4.79 Å². The first-order chi connectivity index (χ1) is 11.7. The molecule has 0 radical (unpaired) electrons. The van der Waals surface area contributed by atoms with Crippen molar-refractivity contribution < 1.29 is 14.3 Å².